The van der Waals surface area contributed by atoms with Gasteiger partial charge in [0.2, 0.25) is 10.0 Å². The van der Waals surface area contributed by atoms with E-state index in [0.29, 0.717) is 18.0 Å². The molecule has 4 nitrogen and oxygen atoms in total. The summed E-state index contributed by atoms with van der Waals surface area (Å²) in [7, 11) is -1.54. The molecule has 114 valence electrons. The maximum absolute atomic E-state index is 12.1. The number of thiophene rings is 1. The van der Waals surface area contributed by atoms with Gasteiger partial charge in [-0.2, -0.15) is 0 Å². The molecule has 0 unspecified atom stereocenters. The van der Waals surface area contributed by atoms with Gasteiger partial charge in [-0.05, 0) is 31.5 Å². The zero-order valence-electron chi connectivity index (χ0n) is 12.0. The van der Waals surface area contributed by atoms with Gasteiger partial charge in [-0.3, -0.25) is 0 Å². The van der Waals surface area contributed by atoms with Crippen LogP contribution in [0.1, 0.15) is 16.9 Å². The molecule has 2 N–H and O–H groups in total. The summed E-state index contributed by atoms with van der Waals surface area (Å²) in [6, 6.07) is 11.8. The summed E-state index contributed by atoms with van der Waals surface area (Å²) in [6.07, 6.45) is 1.66. The van der Waals surface area contributed by atoms with Crippen molar-refractivity contribution >= 4 is 21.4 Å². The van der Waals surface area contributed by atoms with E-state index in [-0.39, 0.29) is 0 Å². The Morgan fingerprint density at radius 3 is 2.67 bits per heavy atom. The number of benzene rings is 1. The van der Waals surface area contributed by atoms with Crippen LogP contribution in [0.15, 0.2) is 46.7 Å². The van der Waals surface area contributed by atoms with E-state index in [2.05, 4.69) is 22.2 Å². The van der Waals surface area contributed by atoms with Crippen molar-refractivity contribution in [3.63, 3.8) is 0 Å². The molecule has 0 saturated carbocycles. The minimum absolute atomic E-state index is 0.359. The van der Waals surface area contributed by atoms with Gasteiger partial charge in [0, 0.05) is 23.3 Å². The lowest BCUT2D eigenvalue weighted by molar-refractivity contribution is 0.579. The molecule has 0 saturated heterocycles. The molecule has 0 aliphatic rings. The number of aryl methyl sites for hydroxylation is 1. The normalized spacial score (nSPS) is 11.7. The summed E-state index contributed by atoms with van der Waals surface area (Å²) in [5.74, 6) is 0. The second kappa shape index (κ2) is 7.70. The molecule has 0 amide bonds. The van der Waals surface area contributed by atoms with Crippen molar-refractivity contribution in [3.05, 3.63) is 52.2 Å². The predicted octanol–water partition coefficient (Wildman–Crippen LogP) is 2.38. The Kier molecular flexibility index (Phi) is 5.93. The number of sulfonamides is 1. The molecule has 0 aliphatic carbocycles. The molecule has 0 bridgehead atoms. The Balaban J connectivity index is 1.83. The van der Waals surface area contributed by atoms with Gasteiger partial charge in [0.1, 0.15) is 0 Å². The lowest BCUT2D eigenvalue weighted by Gasteiger charge is -2.05. The van der Waals surface area contributed by atoms with Crippen LogP contribution in [0, 0.1) is 0 Å². The molecule has 0 radical (unpaired) electrons. The maximum Gasteiger partial charge on any atom is 0.241 e. The summed E-state index contributed by atoms with van der Waals surface area (Å²) < 4.78 is 26.9. The van der Waals surface area contributed by atoms with Gasteiger partial charge in [-0.15, -0.1) is 11.3 Å². The zero-order chi connectivity index (χ0) is 15.1. The molecule has 1 aromatic carbocycles. The highest BCUT2D eigenvalue weighted by atomic mass is 32.2. The molecule has 6 heteroatoms. The van der Waals surface area contributed by atoms with Crippen molar-refractivity contribution in [1.82, 2.24) is 10.0 Å². The zero-order valence-corrected chi connectivity index (χ0v) is 13.6. The van der Waals surface area contributed by atoms with Gasteiger partial charge in [0.15, 0.2) is 0 Å². The SMILES string of the molecule is CNCc1cc(S(=O)(=O)NCCCc2ccccc2)cs1. The van der Waals surface area contributed by atoms with Crippen molar-refractivity contribution in [1.29, 1.82) is 0 Å². The van der Waals surface area contributed by atoms with Gasteiger partial charge in [-0.1, -0.05) is 30.3 Å². The molecule has 0 aliphatic heterocycles. The fraction of sp³-hybridized carbons (Fsp3) is 0.333. The summed E-state index contributed by atoms with van der Waals surface area (Å²) in [5, 5.41) is 4.70. The van der Waals surface area contributed by atoms with E-state index in [1.807, 2.05) is 25.2 Å². The lowest BCUT2D eigenvalue weighted by Crippen LogP contribution is -2.24. The Bertz CT molecular complexity index is 651. The number of hydrogen-bond acceptors (Lipinski definition) is 4. The van der Waals surface area contributed by atoms with E-state index in [4.69, 9.17) is 0 Å². The first kappa shape index (κ1) is 16.2. The highest BCUT2D eigenvalue weighted by Gasteiger charge is 2.15. The molecular weight excluding hydrogens is 304 g/mol. The van der Waals surface area contributed by atoms with E-state index >= 15 is 0 Å². The third-order valence-corrected chi connectivity index (χ3v) is 5.59. The largest absolute Gasteiger partial charge is 0.315 e. The smallest absolute Gasteiger partial charge is 0.241 e. The van der Waals surface area contributed by atoms with E-state index in [9.17, 15) is 8.42 Å². The molecule has 2 aromatic rings. The van der Waals surface area contributed by atoms with E-state index < -0.39 is 10.0 Å². The molecule has 21 heavy (non-hydrogen) atoms. The molecule has 2 rings (SSSR count). The molecule has 0 spiro atoms. The van der Waals surface area contributed by atoms with Gasteiger partial charge in [0.05, 0.1) is 4.90 Å². The summed E-state index contributed by atoms with van der Waals surface area (Å²) in [5.41, 5.74) is 1.23. The number of nitrogens with one attached hydrogen (secondary N) is 2. The van der Waals surface area contributed by atoms with Crippen molar-refractivity contribution in [2.75, 3.05) is 13.6 Å². The molecule has 0 fully saturated rings. The first-order valence-corrected chi connectivity index (χ1v) is 9.24. The standard InChI is InChI=1S/C15H20N2O2S2/c1-16-11-14-10-15(12-20-14)21(18,19)17-9-5-8-13-6-3-2-4-7-13/h2-4,6-7,10,12,16-17H,5,8-9,11H2,1H3. The number of hydrogen-bond donors (Lipinski definition) is 2. The molecule has 1 heterocycles. The highest BCUT2D eigenvalue weighted by Crippen LogP contribution is 2.19. The van der Waals surface area contributed by atoms with Gasteiger partial charge >= 0.3 is 0 Å². The quantitative estimate of drug-likeness (QED) is 0.733. The van der Waals surface area contributed by atoms with Crippen LogP contribution in [0.25, 0.3) is 0 Å². The van der Waals surface area contributed by atoms with E-state index in [0.717, 1.165) is 17.7 Å². The average Bonchev–Trinajstić information content (AvgIpc) is 2.95. The highest BCUT2D eigenvalue weighted by molar-refractivity contribution is 7.89. The minimum atomic E-state index is -3.38. The summed E-state index contributed by atoms with van der Waals surface area (Å²) in [4.78, 5) is 1.37. The predicted molar refractivity (Wildman–Crippen MR) is 87.0 cm³/mol. The van der Waals surface area contributed by atoms with Crippen LogP contribution in [-0.2, 0) is 23.0 Å². The van der Waals surface area contributed by atoms with Crippen molar-refractivity contribution < 1.29 is 8.42 Å². The molecule has 1 aromatic heterocycles. The Morgan fingerprint density at radius 1 is 1.19 bits per heavy atom. The first-order valence-electron chi connectivity index (χ1n) is 6.87. The second-order valence-corrected chi connectivity index (χ2v) is 7.53. The van der Waals surface area contributed by atoms with Gasteiger partial charge in [0.25, 0.3) is 0 Å². The van der Waals surface area contributed by atoms with Crippen LogP contribution in [0.5, 0.6) is 0 Å². The van der Waals surface area contributed by atoms with Crippen LogP contribution < -0.4 is 10.0 Å². The lowest BCUT2D eigenvalue weighted by atomic mass is 10.1. The van der Waals surface area contributed by atoms with Crippen LogP contribution in [0.4, 0.5) is 0 Å². The Morgan fingerprint density at radius 2 is 1.95 bits per heavy atom. The fourth-order valence-corrected chi connectivity index (χ4v) is 4.36. The fourth-order valence-electron chi connectivity index (χ4n) is 2.00. The van der Waals surface area contributed by atoms with Gasteiger partial charge < -0.3 is 5.32 Å². The van der Waals surface area contributed by atoms with Gasteiger partial charge in [-0.25, -0.2) is 13.1 Å². The van der Waals surface area contributed by atoms with E-state index in [1.165, 1.54) is 16.9 Å². The first-order chi connectivity index (χ1) is 10.1. The van der Waals surface area contributed by atoms with Crippen LogP contribution >= 0.6 is 11.3 Å². The number of rotatable bonds is 8. The van der Waals surface area contributed by atoms with Crippen molar-refractivity contribution in [2.45, 2.75) is 24.3 Å². The van der Waals surface area contributed by atoms with Crippen LogP contribution in [0.2, 0.25) is 0 Å². The molecule has 0 atom stereocenters. The third-order valence-electron chi connectivity index (χ3n) is 3.07. The van der Waals surface area contributed by atoms with Crippen molar-refractivity contribution in [2.24, 2.45) is 0 Å². The van der Waals surface area contributed by atoms with Crippen molar-refractivity contribution in [3.8, 4) is 0 Å². The van der Waals surface area contributed by atoms with Crippen LogP contribution in [0.3, 0.4) is 0 Å². The topological polar surface area (TPSA) is 58.2 Å². The third kappa shape index (κ3) is 4.93. The molecular formula is C15H20N2O2S2. The summed E-state index contributed by atoms with van der Waals surface area (Å²) in [6.45, 7) is 1.14. The monoisotopic (exact) mass is 324 g/mol. The average molecular weight is 324 g/mol. The maximum atomic E-state index is 12.1. The minimum Gasteiger partial charge on any atom is -0.315 e. The van der Waals surface area contributed by atoms with Crippen LogP contribution in [-0.4, -0.2) is 22.0 Å². The summed E-state index contributed by atoms with van der Waals surface area (Å²) >= 11 is 1.46. The Hall–Kier alpha value is -1.21. The van der Waals surface area contributed by atoms with E-state index in [1.54, 1.807) is 11.4 Å². The second-order valence-electron chi connectivity index (χ2n) is 4.77. The Labute approximate surface area is 130 Å².